The van der Waals surface area contributed by atoms with Crippen LogP contribution in [0.5, 0.6) is 0 Å². The lowest BCUT2D eigenvalue weighted by atomic mass is 10.0. The Kier molecular flexibility index (Phi) is 4.01. The smallest absolute Gasteiger partial charge is 0.282 e. The molecule has 1 atom stereocenters. The molecule has 2 rings (SSSR count). The van der Waals surface area contributed by atoms with Gasteiger partial charge in [-0.3, -0.25) is 4.79 Å². The largest absolute Gasteiger partial charge is 0.463 e. The van der Waals surface area contributed by atoms with E-state index < -0.39 is 5.60 Å². The number of aryl methyl sites for hydroxylation is 2. The molecule has 0 fully saturated rings. The van der Waals surface area contributed by atoms with Crippen molar-refractivity contribution in [1.29, 1.82) is 0 Å². The monoisotopic (exact) mass is 341 g/mol. The fraction of sp³-hybridized carbons (Fsp3) is 0.385. The first-order valence-corrected chi connectivity index (χ1v) is 6.85. The molecule has 1 unspecified atom stereocenters. The first-order valence-electron chi connectivity index (χ1n) is 6.06. The molecule has 2 aromatic heterocycles. The minimum atomic E-state index is -1.19. The van der Waals surface area contributed by atoms with Crippen LogP contribution in [-0.2, 0) is 12.6 Å². The molecule has 7 heteroatoms. The summed E-state index contributed by atoms with van der Waals surface area (Å²) in [6.07, 6.45) is 1.52. The van der Waals surface area contributed by atoms with Crippen LogP contribution in [0.25, 0.3) is 0 Å². The molecule has 2 heterocycles. The number of hydrogen-bond acceptors (Lipinski definition) is 5. The van der Waals surface area contributed by atoms with E-state index in [1.54, 1.807) is 26.1 Å². The van der Waals surface area contributed by atoms with Gasteiger partial charge in [0.15, 0.2) is 0 Å². The van der Waals surface area contributed by atoms with Gasteiger partial charge < -0.3 is 14.8 Å². The number of furan rings is 1. The number of rotatable bonds is 4. The van der Waals surface area contributed by atoms with Crippen molar-refractivity contribution in [3.8, 4) is 0 Å². The zero-order valence-corrected chi connectivity index (χ0v) is 13.1. The molecule has 0 aliphatic carbocycles. The molecule has 0 amide bonds. The summed E-state index contributed by atoms with van der Waals surface area (Å²) >= 11 is 3.22. The van der Waals surface area contributed by atoms with Crippen LogP contribution in [0.3, 0.4) is 0 Å². The van der Waals surface area contributed by atoms with E-state index in [1.165, 1.54) is 10.9 Å². The van der Waals surface area contributed by atoms with Gasteiger partial charge in [-0.15, -0.1) is 0 Å². The van der Waals surface area contributed by atoms with Crippen molar-refractivity contribution in [3.63, 3.8) is 0 Å². The van der Waals surface area contributed by atoms with E-state index in [4.69, 9.17) is 4.42 Å². The van der Waals surface area contributed by atoms with Crippen LogP contribution in [0.15, 0.2) is 32.0 Å². The Balaban J connectivity index is 2.16. The van der Waals surface area contributed by atoms with Crippen molar-refractivity contribution in [2.75, 3.05) is 11.9 Å². The number of anilines is 1. The maximum atomic E-state index is 11.7. The van der Waals surface area contributed by atoms with E-state index in [-0.39, 0.29) is 12.1 Å². The van der Waals surface area contributed by atoms with E-state index >= 15 is 0 Å². The van der Waals surface area contributed by atoms with Crippen molar-refractivity contribution >= 4 is 21.6 Å². The maximum Gasteiger partial charge on any atom is 0.282 e. The van der Waals surface area contributed by atoms with Gasteiger partial charge in [0.25, 0.3) is 5.56 Å². The fourth-order valence-electron chi connectivity index (χ4n) is 1.71. The van der Waals surface area contributed by atoms with Gasteiger partial charge in [-0.2, -0.15) is 5.10 Å². The van der Waals surface area contributed by atoms with Crippen LogP contribution in [0, 0.1) is 6.92 Å². The lowest BCUT2D eigenvalue weighted by Crippen LogP contribution is -2.31. The Morgan fingerprint density at radius 1 is 1.55 bits per heavy atom. The van der Waals surface area contributed by atoms with Crippen molar-refractivity contribution in [2.24, 2.45) is 7.05 Å². The van der Waals surface area contributed by atoms with Crippen LogP contribution in [0.1, 0.15) is 18.4 Å². The van der Waals surface area contributed by atoms with E-state index in [9.17, 15) is 9.90 Å². The predicted molar refractivity (Wildman–Crippen MR) is 78.7 cm³/mol. The quantitative estimate of drug-likeness (QED) is 0.885. The zero-order chi connectivity index (χ0) is 14.9. The topological polar surface area (TPSA) is 80.3 Å². The number of nitrogens with zero attached hydrogens (tertiary/aromatic N) is 2. The number of aromatic nitrogens is 2. The molecule has 0 aliphatic rings. The SMILES string of the molecule is Cc1ccc(C(C)(O)CNc2cnn(C)c(=O)c2Br)o1. The molecule has 0 bridgehead atoms. The van der Waals surface area contributed by atoms with Crippen LogP contribution in [0.2, 0.25) is 0 Å². The first kappa shape index (κ1) is 14.8. The average molecular weight is 342 g/mol. The Morgan fingerprint density at radius 2 is 2.25 bits per heavy atom. The molecule has 0 aromatic carbocycles. The summed E-state index contributed by atoms with van der Waals surface area (Å²) in [6, 6.07) is 3.52. The number of aliphatic hydroxyl groups is 1. The Morgan fingerprint density at radius 3 is 2.85 bits per heavy atom. The van der Waals surface area contributed by atoms with Gasteiger partial charge in [0.1, 0.15) is 21.6 Å². The van der Waals surface area contributed by atoms with Gasteiger partial charge >= 0.3 is 0 Å². The summed E-state index contributed by atoms with van der Waals surface area (Å²) < 4.78 is 7.03. The van der Waals surface area contributed by atoms with Crippen molar-refractivity contribution in [2.45, 2.75) is 19.4 Å². The minimum absolute atomic E-state index is 0.188. The summed E-state index contributed by atoms with van der Waals surface area (Å²) in [4.78, 5) is 11.7. The highest BCUT2D eigenvalue weighted by Gasteiger charge is 2.27. The Labute approximate surface area is 124 Å². The first-order chi connectivity index (χ1) is 9.31. The summed E-state index contributed by atoms with van der Waals surface area (Å²) in [6.45, 7) is 3.64. The fourth-order valence-corrected chi connectivity index (χ4v) is 2.21. The molecule has 0 spiro atoms. The zero-order valence-electron chi connectivity index (χ0n) is 11.5. The Bertz CT molecular complexity index is 676. The molecule has 20 heavy (non-hydrogen) atoms. The molecule has 0 aliphatic heterocycles. The van der Waals surface area contributed by atoms with Gasteiger partial charge in [0.2, 0.25) is 0 Å². The highest BCUT2D eigenvalue weighted by atomic mass is 79.9. The van der Waals surface area contributed by atoms with Crippen molar-refractivity contribution in [1.82, 2.24) is 9.78 Å². The van der Waals surface area contributed by atoms with Gasteiger partial charge in [0.05, 0.1) is 18.4 Å². The molecule has 0 saturated carbocycles. The van der Waals surface area contributed by atoms with E-state index in [2.05, 4.69) is 26.3 Å². The lowest BCUT2D eigenvalue weighted by molar-refractivity contribution is 0.0468. The number of nitrogens with one attached hydrogen (secondary N) is 1. The highest BCUT2D eigenvalue weighted by Crippen LogP contribution is 2.24. The second-order valence-corrected chi connectivity index (χ2v) is 5.63. The van der Waals surface area contributed by atoms with E-state index in [1.807, 2.05) is 6.92 Å². The highest BCUT2D eigenvalue weighted by molar-refractivity contribution is 9.10. The van der Waals surface area contributed by atoms with Crippen LogP contribution >= 0.6 is 15.9 Å². The third kappa shape index (κ3) is 2.94. The third-order valence-electron chi connectivity index (χ3n) is 2.97. The summed E-state index contributed by atoms with van der Waals surface area (Å²) in [5.41, 5.74) is -0.908. The molecular formula is C13H16BrN3O3. The van der Waals surface area contributed by atoms with Crippen LogP contribution in [-0.4, -0.2) is 21.4 Å². The van der Waals surface area contributed by atoms with Crippen molar-refractivity contribution in [3.05, 3.63) is 44.7 Å². The van der Waals surface area contributed by atoms with Gasteiger partial charge in [-0.05, 0) is 41.9 Å². The van der Waals surface area contributed by atoms with Gasteiger partial charge in [0, 0.05) is 7.05 Å². The number of hydrogen-bond donors (Lipinski definition) is 2. The molecule has 108 valence electrons. The molecular weight excluding hydrogens is 326 g/mol. The summed E-state index contributed by atoms with van der Waals surface area (Å²) in [7, 11) is 1.57. The third-order valence-corrected chi connectivity index (χ3v) is 3.74. The average Bonchev–Trinajstić information content (AvgIpc) is 2.83. The van der Waals surface area contributed by atoms with Gasteiger partial charge in [-0.1, -0.05) is 0 Å². The molecule has 2 N–H and O–H groups in total. The van der Waals surface area contributed by atoms with E-state index in [0.29, 0.717) is 15.9 Å². The second kappa shape index (κ2) is 5.41. The molecule has 2 aromatic rings. The lowest BCUT2D eigenvalue weighted by Gasteiger charge is -2.22. The predicted octanol–water partition coefficient (Wildman–Crippen LogP) is 1.76. The number of halogens is 1. The normalized spacial score (nSPS) is 14.1. The minimum Gasteiger partial charge on any atom is -0.463 e. The van der Waals surface area contributed by atoms with Crippen LogP contribution in [0.4, 0.5) is 5.69 Å². The van der Waals surface area contributed by atoms with Crippen molar-refractivity contribution < 1.29 is 9.52 Å². The second-order valence-electron chi connectivity index (χ2n) is 4.84. The molecule has 0 radical (unpaired) electrons. The molecule has 6 nitrogen and oxygen atoms in total. The van der Waals surface area contributed by atoms with E-state index in [0.717, 1.165) is 5.76 Å². The standard InChI is InChI=1S/C13H16BrN3O3/c1-8-4-5-10(20-8)13(2,19)7-15-9-6-16-17(3)12(18)11(9)14/h4-6,15,19H,7H2,1-3H3. The summed E-state index contributed by atoms with van der Waals surface area (Å²) in [5, 5.41) is 17.3. The maximum absolute atomic E-state index is 11.7. The molecule has 0 saturated heterocycles. The Hall–Kier alpha value is -1.60. The van der Waals surface area contributed by atoms with Gasteiger partial charge in [-0.25, -0.2) is 4.68 Å². The van der Waals surface area contributed by atoms with Crippen LogP contribution < -0.4 is 10.9 Å². The summed E-state index contributed by atoms with van der Waals surface area (Å²) in [5.74, 6) is 1.20.